The molecule has 326 valence electrons. The predicted octanol–water partition coefficient (Wildman–Crippen LogP) is -2.57. The van der Waals surface area contributed by atoms with Gasteiger partial charge in [-0.1, -0.05) is 56.3 Å². The van der Waals surface area contributed by atoms with Crippen molar-refractivity contribution in [2.45, 2.75) is 95.4 Å². The van der Waals surface area contributed by atoms with Gasteiger partial charge in [0.1, 0.15) is 47.8 Å². The zero-order valence-corrected chi connectivity index (χ0v) is 33.9. The van der Waals surface area contributed by atoms with Gasteiger partial charge in [0.2, 0.25) is 35.4 Å². The number of esters is 1. The van der Waals surface area contributed by atoms with Crippen LogP contribution in [0.5, 0.6) is 5.75 Å². The van der Waals surface area contributed by atoms with E-state index in [1.165, 1.54) is 44.3 Å². The number of aliphatic hydroxyl groups is 2. The lowest BCUT2D eigenvalue weighted by Crippen LogP contribution is -2.62. The van der Waals surface area contributed by atoms with Crippen molar-refractivity contribution in [2.75, 3.05) is 13.7 Å². The summed E-state index contributed by atoms with van der Waals surface area (Å²) in [5.74, 6) is -8.74. The number of amides is 7. The largest absolute Gasteiger partial charge is 0.508 e. The predicted molar refractivity (Wildman–Crippen MR) is 214 cm³/mol. The minimum Gasteiger partial charge on any atom is -0.508 e. The van der Waals surface area contributed by atoms with Crippen LogP contribution in [0, 0.1) is 5.92 Å². The Morgan fingerprint density at radius 3 is 1.95 bits per heavy atom. The Kier molecular flexibility index (Phi) is 17.7. The SMILES string of the molecule is CC(C)CC1NC(=O)/C(=C\c2ccc(O)cc2)N(C)C(=O)[C@@H](N)[C@@H](C)OC(=O)[C@H](CO)NC(=O)[C@H](CC(N)=O)NC(=O)[C@H]([C@H](C)O)NC(=O)C(Cc2ccccc2)NC1=O. The molecule has 0 aliphatic carbocycles. The van der Waals surface area contributed by atoms with Crippen molar-refractivity contribution in [1.82, 2.24) is 31.5 Å². The van der Waals surface area contributed by atoms with Gasteiger partial charge in [-0.05, 0) is 55.5 Å². The molecule has 2 unspecified atom stereocenters. The lowest BCUT2D eigenvalue weighted by atomic mass is 10.00. The quantitative estimate of drug-likeness (QED) is 0.0918. The van der Waals surface area contributed by atoms with Gasteiger partial charge in [-0.15, -0.1) is 0 Å². The molecule has 1 aliphatic rings. The molecular formula is C40H54N8O12. The van der Waals surface area contributed by atoms with Crippen LogP contribution in [0.1, 0.15) is 51.7 Å². The Hall–Kier alpha value is -6.38. The summed E-state index contributed by atoms with van der Waals surface area (Å²) in [4.78, 5) is 109. The molecule has 3 rings (SSSR count). The third-order valence-corrected chi connectivity index (χ3v) is 9.34. The summed E-state index contributed by atoms with van der Waals surface area (Å²) in [5, 5.41) is 42.5. The van der Waals surface area contributed by atoms with Crippen LogP contribution in [0.2, 0.25) is 0 Å². The molecule has 1 aliphatic heterocycles. The fraction of sp³-hybridized carbons (Fsp3) is 0.450. The summed E-state index contributed by atoms with van der Waals surface area (Å²) in [6.07, 6.45) is -2.73. The van der Waals surface area contributed by atoms with Crippen LogP contribution in [-0.4, -0.2) is 130 Å². The molecule has 8 atom stereocenters. The molecule has 20 nitrogen and oxygen atoms in total. The number of phenolic OH excluding ortho intramolecular Hbond substituents is 1. The number of carbonyl (C=O) groups is 8. The molecule has 2 aromatic rings. The van der Waals surface area contributed by atoms with E-state index in [0.29, 0.717) is 11.1 Å². The number of rotatable bonds is 9. The van der Waals surface area contributed by atoms with Crippen LogP contribution >= 0.6 is 0 Å². The number of hydrogen-bond acceptors (Lipinski definition) is 13. The van der Waals surface area contributed by atoms with Crippen molar-refractivity contribution in [1.29, 1.82) is 0 Å². The van der Waals surface area contributed by atoms with E-state index in [-0.39, 0.29) is 30.2 Å². The topological polar surface area (TPSA) is 322 Å². The number of nitrogens with two attached hydrogens (primary N) is 2. The zero-order valence-electron chi connectivity index (χ0n) is 33.9. The second-order valence-electron chi connectivity index (χ2n) is 14.8. The van der Waals surface area contributed by atoms with Crippen molar-refractivity contribution in [2.24, 2.45) is 17.4 Å². The van der Waals surface area contributed by atoms with E-state index in [1.54, 1.807) is 44.2 Å². The number of primary amides is 1. The highest BCUT2D eigenvalue weighted by Crippen LogP contribution is 2.18. The third-order valence-electron chi connectivity index (χ3n) is 9.34. The van der Waals surface area contributed by atoms with E-state index in [2.05, 4.69) is 26.6 Å². The van der Waals surface area contributed by atoms with Gasteiger partial charge in [0.25, 0.3) is 5.91 Å². The molecule has 0 spiro atoms. The molecule has 0 radical (unpaired) electrons. The van der Waals surface area contributed by atoms with Crippen LogP contribution < -0.4 is 38.1 Å². The number of aromatic hydroxyl groups is 1. The van der Waals surface area contributed by atoms with Gasteiger partial charge >= 0.3 is 5.97 Å². The number of aliphatic hydroxyl groups excluding tert-OH is 2. The van der Waals surface area contributed by atoms with Crippen molar-refractivity contribution >= 4 is 53.4 Å². The first-order valence-electron chi connectivity index (χ1n) is 19.1. The van der Waals surface area contributed by atoms with E-state index in [0.717, 1.165) is 11.8 Å². The summed E-state index contributed by atoms with van der Waals surface area (Å²) < 4.78 is 5.32. The fourth-order valence-corrected chi connectivity index (χ4v) is 5.97. The Bertz CT molecular complexity index is 1910. The van der Waals surface area contributed by atoms with Gasteiger partial charge in [0.05, 0.1) is 19.1 Å². The first-order chi connectivity index (χ1) is 28.2. The van der Waals surface area contributed by atoms with Crippen LogP contribution in [0.3, 0.4) is 0 Å². The average molecular weight is 839 g/mol. The van der Waals surface area contributed by atoms with E-state index in [9.17, 15) is 53.7 Å². The normalized spacial score (nSPS) is 25.8. The maximum Gasteiger partial charge on any atom is 0.331 e. The smallest absolute Gasteiger partial charge is 0.331 e. The monoisotopic (exact) mass is 838 g/mol. The number of cyclic esters (lactones) is 1. The van der Waals surface area contributed by atoms with Crippen molar-refractivity contribution in [3.63, 3.8) is 0 Å². The molecule has 1 fully saturated rings. The molecule has 1 saturated heterocycles. The lowest BCUT2D eigenvalue weighted by Gasteiger charge is -2.30. The zero-order chi connectivity index (χ0) is 44.8. The number of benzene rings is 2. The molecular weight excluding hydrogens is 784 g/mol. The molecule has 0 aromatic heterocycles. The van der Waals surface area contributed by atoms with E-state index in [1.807, 2.05) is 0 Å². The Balaban J connectivity index is 2.20. The number of ether oxygens (including phenoxy) is 1. The summed E-state index contributed by atoms with van der Waals surface area (Å²) in [7, 11) is 1.21. The van der Waals surface area contributed by atoms with Crippen LogP contribution in [0.15, 0.2) is 60.3 Å². The van der Waals surface area contributed by atoms with Gasteiger partial charge in [-0.3, -0.25) is 33.6 Å². The highest BCUT2D eigenvalue weighted by molar-refractivity contribution is 6.04. The fourth-order valence-electron chi connectivity index (χ4n) is 5.97. The molecule has 0 saturated carbocycles. The second-order valence-corrected chi connectivity index (χ2v) is 14.8. The highest BCUT2D eigenvalue weighted by atomic mass is 16.5. The maximum atomic E-state index is 14.2. The van der Waals surface area contributed by atoms with Gasteiger partial charge < -0.3 is 63.0 Å². The van der Waals surface area contributed by atoms with E-state index >= 15 is 0 Å². The highest BCUT2D eigenvalue weighted by Gasteiger charge is 2.37. The second kappa shape index (κ2) is 22.1. The number of likely N-dealkylation sites (N-methyl/N-ethyl adjacent to an activating group) is 1. The number of phenols is 1. The minimum absolute atomic E-state index is 0.0297. The molecule has 60 heavy (non-hydrogen) atoms. The van der Waals surface area contributed by atoms with Crippen LogP contribution in [0.4, 0.5) is 0 Å². The van der Waals surface area contributed by atoms with Gasteiger partial charge in [-0.25, -0.2) is 4.79 Å². The number of hydrogen-bond donors (Lipinski definition) is 10. The number of nitrogens with zero attached hydrogens (tertiary/aromatic N) is 1. The molecule has 1 heterocycles. The average Bonchev–Trinajstić information content (AvgIpc) is 3.19. The first-order valence-corrected chi connectivity index (χ1v) is 19.1. The number of carbonyl (C=O) groups excluding carboxylic acids is 8. The summed E-state index contributed by atoms with van der Waals surface area (Å²) >= 11 is 0. The third kappa shape index (κ3) is 13.9. The van der Waals surface area contributed by atoms with Gasteiger partial charge in [0, 0.05) is 13.5 Å². The maximum absolute atomic E-state index is 14.2. The van der Waals surface area contributed by atoms with Gasteiger partial charge in [0.15, 0.2) is 6.04 Å². The van der Waals surface area contributed by atoms with Crippen molar-refractivity contribution < 1.29 is 58.4 Å². The molecule has 7 amide bonds. The van der Waals surface area contributed by atoms with E-state index < -0.39 is 109 Å². The molecule has 0 bridgehead atoms. The Morgan fingerprint density at radius 1 is 0.817 bits per heavy atom. The van der Waals surface area contributed by atoms with Crippen molar-refractivity contribution in [3.05, 3.63) is 71.4 Å². The molecule has 12 N–H and O–H groups in total. The van der Waals surface area contributed by atoms with Crippen LogP contribution in [0.25, 0.3) is 6.08 Å². The van der Waals surface area contributed by atoms with Crippen molar-refractivity contribution in [3.8, 4) is 5.75 Å². The molecule has 2 aromatic carbocycles. The summed E-state index contributed by atoms with van der Waals surface area (Å²) in [5.41, 5.74) is 12.1. The minimum atomic E-state index is -1.83. The van der Waals surface area contributed by atoms with E-state index in [4.69, 9.17) is 16.2 Å². The Labute approximate surface area is 346 Å². The number of nitrogens with one attached hydrogen (secondary N) is 5. The Morgan fingerprint density at radius 2 is 1.38 bits per heavy atom. The first kappa shape index (κ1) is 48.0. The standard InChI is InChI=1S/C40H54N8O12/c1-20(2)15-26-34(53)43-27(16-23-9-7-6-8-10-23)36(55)47-33(21(3)50)38(57)45-28(18-31(41)52)35(54)46-29(19-49)40(59)60-22(4)32(42)39(58)48(5)30(37(56)44-26)17-24-11-13-25(51)14-12-24/h6-14,17,20-22,26-29,32-33,49-51H,15-16,18-19,42H2,1-5H3,(H2,41,52)(H,43,53)(H,44,56)(H,45,57)(H,46,54)(H,47,55)/b30-17+/t21-,22+,26?,27?,28-,29-,32-,33-/m0/s1. The van der Waals surface area contributed by atoms with Gasteiger partial charge in [-0.2, -0.15) is 0 Å². The summed E-state index contributed by atoms with van der Waals surface area (Å²) in [6, 6.07) is 4.18. The van der Waals surface area contributed by atoms with Crippen LogP contribution in [-0.2, 0) is 49.5 Å². The lowest BCUT2D eigenvalue weighted by molar-refractivity contribution is -0.156. The summed E-state index contributed by atoms with van der Waals surface area (Å²) in [6.45, 7) is 4.89. The molecule has 20 heteroatoms.